The molecule has 0 aromatic heterocycles. The Balaban J connectivity index is 1.22. The molecule has 2 atom stereocenters. The smallest absolute Gasteiger partial charge is 0.189 e. The van der Waals surface area contributed by atoms with Gasteiger partial charge in [-0.15, -0.1) is 0 Å². The minimum atomic E-state index is -0.671. The SMILES string of the molecule is CCCCCCCCCCCCCCCCOC1C=CC(=O)C(CN2CCC(C)CC2)(C2CC2)O1. The van der Waals surface area contributed by atoms with Gasteiger partial charge in [0.25, 0.3) is 0 Å². The molecule has 1 saturated heterocycles. The minimum absolute atomic E-state index is 0.162. The van der Waals surface area contributed by atoms with Crippen molar-refractivity contribution in [1.29, 1.82) is 0 Å². The third kappa shape index (κ3) is 10.3. The van der Waals surface area contributed by atoms with E-state index in [9.17, 15) is 4.79 Å². The van der Waals surface area contributed by atoms with Crippen LogP contribution in [0, 0.1) is 11.8 Å². The summed E-state index contributed by atoms with van der Waals surface area (Å²) < 4.78 is 12.6. The second kappa shape index (κ2) is 16.2. The van der Waals surface area contributed by atoms with E-state index in [0.29, 0.717) is 5.92 Å². The van der Waals surface area contributed by atoms with Crippen LogP contribution in [0.3, 0.4) is 0 Å². The molecule has 0 bridgehead atoms. The zero-order chi connectivity index (χ0) is 24.8. The zero-order valence-electron chi connectivity index (χ0n) is 23.1. The molecule has 4 heteroatoms. The molecule has 0 aromatic carbocycles. The maximum atomic E-state index is 13.0. The summed E-state index contributed by atoms with van der Waals surface area (Å²) in [6.07, 6.45) is 27.0. The predicted octanol–water partition coefficient (Wildman–Crippen LogP) is 7.85. The van der Waals surface area contributed by atoms with Gasteiger partial charge >= 0.3 is 0 Å². The summed E-state index contributed by atoms with van der Waals surface area (Å²) in [4.78, 5) is 15.5. The number of likely N-dealkylation sites (tertiary alicyclic amines) is 1. The Morgan fingerprint density at radius 3 is 1.94 bits per heavy atom. The number of carbonyl (C=O) groups is 1. The lowest BCUT2D eigenvalue weighted by molar-refractivity contribution is -0.206. The van der Waals surface area contributed by atoms with Crippen LogP contribution in [-0.4, -0.2) is 48.8 Å². The number of rotatable bonds is 19. The molecule has 3 rings (SSSR count). The average Bonchev–Trinajstić information content (AvgIpc) is 3.71. The molecule has 4 nitrogen and oxygen atoms in total. The van der Waals surface area contributed by atoms with E-state index < -0.39 is 5.60 Å². The summed E-state index contributed by atoms with van der Waals surface area (Å²) in [6.45, 7) is 8.26. The standard InChI is InChI=1S/C31H55NO3/c1-3-4-5-6-7-8-9-10-11-12-13-14-15-16-25-34-30-20-19-29(33)31(35-30,28-17-18-28)26-32-23-21-27(2)22-24-32/h19-20,27-28,30H,3-18,21-26H2,1-2H3. The maximum Gasteiger partial charge on any atom is 0.189 e. The van der Waals surface area contributed by atoms with Gasteiger partial charge in [-0.3, -0.25) is 9.69 Å². The van der Waals surface area contributed by atoms with Gasteiger partial charge in [-0.25, -0.2) is 0 Å². The molecule has 3 aliphatic rings. The van der Waals surface area contributed by atoms with E-state index in [-0.39, 0.29) is 12.1 Å². The van der Waals surface area contributed by atoms with E-state index in [1.807, 2.05) is 6.08 Å². The highest BCUT2D eigenvalue weighted by molar-refractivity contribution is 5.98. The molecule has 0 aromatic rings. The van der Waals surface area contributed by atoms with Gasteiger partial charge in [-0.05, 0) is 69.2 Å². The van der Waals surface area contributed by atoms with E-state index in [0.717, 1.165) is 51.4 Å². The molecule has 202 valence electrons. The van der Waals surface area contributed by atoms with Gasteiger partial charge in [0, 0.05) is 6.54 Å². The molecule has 0 spiro atoms. The van der Waals surface area contributed by atoms with Crippen molar-refractivity contribution in [3.05, 3.63) is 12.2 Å². The first-order valence-corrected chi connectivity index (χ1v) is 15.4. The lowest BCUT2D eigenvalue weighted by atomic mass is 9.88. The highest BCUT2D eigenvalue weighted by Gasteiger charge is 2.54. The number of nitrogens with zero attached hydrogens (tertiary/aromatic N) is 1. The van der Waals surface area contributed by atoms with Crippen molar-refractivity contribution in [2.75, 3.05) is 26.2 Å². The Morgan fingerprint density at radius 1 is 0.857 bits per heavy atom. The Hall–Kier alpha value is -0.710. The van der Waals surface area contributed by atoms with Crippen LogP contribution in [0.15, 0.2) is 12.2 Å². The molecule has 2 unspecified atom stereocenters. The largest absolute Gasteiger partial charge is 0.349 e. The molecule has 0 radical (unpaired) electrons. The molecule has 2 heterocycles. The normalized spacial score (nSPS) is 26.0. The van der Waals surface area contributed by atoms with Crippen LogP contribution in [0.5, 0.6) is 0 Å². The lowest BCUT2D eigenvalue weighted by Gasteiger charge is -2.42. The van der Waals surface area contributed by atoms with Gasteiger partial charge in [0.05, 0.1) is 6.61 Å². The van der Waals surface area contributed by atoms with E-state index >= 15 is 0 Å². The van der Waals surface area contributed by atoms with Crippen LogP contribution < -0.4 is 0 Å². The fraction of sp³-hybridized carbons (Fsp3) is 0.903. The number of piperidine rings is 1. The monoisotopic (exact) mass is 489 g/mol. The fourth-order valence-corrected chi connectivity index (χ4v) is 5.84. The van der Waals surface area contributed by atoms with Crippen LogP contribution in [0.4, 0.5) is 0 Å². The Labute approximate surface area is 216 Å². The topological polar surface area (TPSA) is 38.8 Å². The van der Waals surface area contributed by atoms with Gasteiger partial charge in [0.15, 0.2) is 12.1 Å². The number of unbranched alkanes of at least 4 members (excludes halogenated alkanes) is 13. The number of hydrogen-bond donors (Lipinski definition) is 0. The highest BCUT2D eigenvalue weighted by Crippen LogP contribution is 2.45. The van der Waals surface area contributed by atoms with Crippen molar-refractivity contribution in [2.45, 2.75) is 141 Å². The first kappa shape index (κ1) is 28.9. The van der Waals surface area contributed by atoms with Crippen molar-refractivity contribution in [2.24, 2.45) is 11.8 Å². The fourth-order valence-electron chi connectivity index (χ4n) is 5.84. The van der Waals surface area contributed by atoms with E-state index in [1.54, 1.807) is 6.08 Å². The molecule has 1 aliphatic carbocycles. The second-order valence-corrected chi connectivity index (χ2v) is 11.8. The van der Waals surface area contributed by atoms with Gasteiger partial charge in [0.1, 0.15) is 5.60 Å². The van der Waals surface area contributed by atoms with Crippen molar-refractivity contribution >= 4 is 5.78 Å². The summed E-state index contributed by atoms with van der Waals surface area (Å²) in [6, 6.07) is 0. The summed E-state index contributed by atoms with van der Waals surface area (Å²) >= 11 is 0. The predicted molar refractivity (Wildman–Crippen MR) is 146 cm³/mol. The zero-order valence-corrected chi connectivity index (χ0v) is 23.1. The summed E-state index contributed by atoms with van der Waals surface area (Å²) in [5.41, 5.74) is -0.671. The Bertz CT molecular complexity index is 608. The van der Waals surface area contributed by atoms with Gasteiger partial charge in [-0.2, -0.15) is 0 Å². The van der Waals surface area contributed by atoms with E-state index in [1.165, 1.54) is 96.3 Å². The number of carbonyl (C=O) groups excluding carboxylic acids is 1. The first-order chi connectivity index (χ1) is 17.1. The highest BCUT2D eigenvalue weighted by atomic mass is 16.7. The minimum Gasteiger partial charge on any atom is -0.349 e. The Kier molecular flexibility index (Phi) is 13.4. The van der Waals surface area contributed by atoms with Crippen LogP contribution in [0.2, 0.25) is 0 Å². The van der Waals surface area contributed by atoms with Crippen molar-refractivity contribution in [3.63, 3.8) is 0 Å². The third-order valence-electron chi connectivity index (χ3n) is 8.50. The first-order valence-electron chi connectivity index (χ1n) is 15.4. The van der Waals surface area contributed by atoms with E-state index in [4.69, 9.17) is 9.47 Å². The summed E-state index contributed by atoms with van der Waals surface area (Å²) in [5, 5.41) is 0. The van der Waals surface area contributed by atoms with E-state index in [2.05, 4.69) is 18.7 Å². The molecule has 0 amide bonds. The molecule has 1 saturated carbocycles. The van der Waals surface area contributed by atoms with Crippen molar-refractivity contribution in [1.82, 2.24) is 4.90 Å². The molecular weight excluding hydrogens is 434 g/mol. The van der Waals surface area contributed by atoms with Crippen molar-refractivity contribution in [3.8, 4) is 0 Å². The maximum absolute atomic E-state index is 13.0. The number of ether oxygens (including phenoxy) is 2. The lowest BCUT2D eigenvalue weighted by Crippen LogP contribution is -2.56. The van der Waals surface area contributed by atoms with Crippen molar-refractivity contribution < 1.29 is 14.3 Å². The van der Waals surface area contributed by atoms with Gasteiger partial charge in [-0.1, -0.05) is 97.3 Å². The molecule has 35 heavy (non-hydrogen) atoms. The number of hydrogen-bond acceptors (Lipinski definition) is 4. The summed E-state index contributed by atoms with van der Waals surface area (Å²) in [5.74, 6) is 1.33. The van der Waals surface area contributed by atoms with Crippen LogP contribution in [0.25, 0.3) is 0 Å². The van der Waals surface area contributed by atoms with Gasteiger partial charge < -0.3 is 9.47 Å². The molecule has 2 aliphatic heterocycles. The Morgan fingerprint density at radius 2 is 1.40 bits per heavy atom. The third-order valence-corrected chi connectivity index (χ3v) is 8.50. The van der Waals surface area contributed by atoms with Crippen LogP contribution in [0.1, 0.15) is 129 Å². The van der Waals surface area contributed by atoms with Gasteiger partial charge in [0.2, 0.25) is 0 Å². The molecular formula is C31H55NO3. The van der Waals surface area contributed by atoms with Crippen LogP contribution >= 0.6 is 0 Å². The number of ketones is 1. The second-order valence-electron chi connectivity index (χ2n) is 11.8. The summed E-state index contributed by atoms with van der Waals surface area (Å²) in [7, 11) is 0. The quantitative estimate of drug-likeness (QED) is 0.173. The molecule has 0 N–H and O–H groups in total. The molecule has 2 fully saturated rings. The average molecular weight is 490 g/mol. The van der Waals surface area contributed by atoms with Crippen LogP contribution in [-0.2, 0) is 14.3 Å².